The fraction of sp³-hybridized carbons (Fsp3) is 0.176. The molecule has 0 aliphatic rings. The van der Waals surface area contributed by atoms with E-state index in [9.17, 15) is 9.59 Å². The largest absolute Gasteiger partial charge is 0.338 e. The summed E-state index contributed by atoms with van der Waals surface area (Å²) >= 11 is 13.7. The molecule has 7 nitrogen and oxygen atoms in total. The third kappa shape index (κ3) is 6.19. The lowest BCUT2D eigenvalue weighted by Gasteiger charge is -2.23. The third-order valence-corrected chi connectivity index (χ3v) is 9.14. The highest BCUT2D eigenvalue weighted by molar-refractivity contribution is 7.15. The smallest absolute Gasteiger partial charge is 0.268 e. The van der Waals surface area contributed by atoms with Gasteiger partial charge in [-0.15, -0.1) is 11.3 Å². The summed E-state index contributed by atoms with van der Waals surface area (Å²) in [5.74, 6) is -0.0572. The number of benzene rings is 3. The van der Waals surface area contributed by atoms with Crippen molar-refractivity contribution in [1.29, 1.82) is 0 Å². The van der Waals surface area contributed by atoms with Crippen LogP contribution in [-0.4, -0.2) is 36.5 Å². The Labute approximate surface area is 268 Å². The Balaban J connectivity index is 1.32. The van der Waals surface area contributed by atoms with Crippen LogP contribution in [0.3, 0.4) is 0 Å². The minimum absolute atomic E-state index is 0.0572. The highest BCUT2D eigenvalue weighted by atomic mass is 35.5. The molecule has 44 heavy (non-hydrogen) atoms. The second-order valence-corrected chi connectivity index (χ2v) is 12.3. The van der Waals surface area contributed by atoms with Crippen molar-refractivity contribution in [3.8, 4) is 16.9 Å². The number of hydrogen-bond donors (Lipinski definition) is 0. The number of thiazole rings is 1. The van der Waals surface area contributed by atoms with E-state index in [1.165, 1.54) is 11.3 Å². The zero-order valence-electron chi connectivity index (χ0n) is 24.2. The molecule has 0 radical (unpaired) electrons. The molecule has 6 rings (SSSR count). The van der Waals surface area contributed by atoms with Crippen molar-refractivity contribution in [2.24, 2.45) is 0 Å². The van der Waals surface area contributed by atoms with E-state index in [0.717, 1.165) is 28.9 Å². The van der Waals surface area contributed by atoms with Crippen molar-refractivity contribution in [2.45, 2.75) is 33.2 Å². The summed E-state index contributed by atoms with van der Waals surface area (Å²) in [5.41, 5.74) is 5.56. The van der Waals surface area contributed by atoms with E-state index in [1.54, 1.807) is 28.1 Å². The van der Waals surface area contributed by atoms with Crippen LogP contribution in [0.15, 0.2) is 95.1 Å². The SMILES string of the molecule is Cc1nc2scc(CC(=O)N(CCc3ccccc3)Cc3ccccc3)n2c(=O)c1-c1cc(C)n(-c2ccc(Cl)c(Cl)c2)n1. The van der Waals surface area contributed by atoms with Crippen LogP contribution in [0.1, 0.15) is 28.2 Å². The molecule has 0 bridgehead atoms. The lowest BCUT2D eigenvalue weighted by Crippen LogP contribution is -2.34. The average Bonchev–Trinajstić information content (AvgIpc) is 3.60. The number of aryl methyl sites for hydroxylation is 2. The number of carbonyl (C=O) groups is 1. The third-order valence-electron chi connectivity index (χ3n) is 7.53. The van der Waals surface area contributed by atoms with Crippen LogP contribution in [0.25, 0.3) is 21.9 Å². The molecule has 3 aromatic heterocycles. The highest BCUT2D eigenvalue weighted by Gasteiger charge is 2.22. The number of aromatic nitrogens is 4. The summed E-state index contributed by atoms with van der Waals surface area (Å²) in [6, 6.07) is 27.2. The van der Waals surface area contributed by atoms with Gasteiger partial charge in [-0.05, 0) is 55.7 Å². The molecule has 0 aliphatic carbocycles. The average molecular weight is 643 g/mol. The molecule has 0 fully saturated rings. The second kappa shape index (κ2) is 12.8. The molecule has 3 heterocycles. The monoisotopic (exact) mass is 641 g/mol. The predicted molar refractivity (Wildman–Crippen MR) is 177 cm³/mol. The minimum Gasteiger partial charge on any atom is -0.338 e. The first-order valence-corrected chi connectivity index (χ1v) is 15.8. The maximum absolute atomic E-state index is 14.1. The minimum atomic E-state index is -0.255. The number of hydrogen-bond acceptors (Lipinski definition) is 5. The Morgan fingerprint density at radius 3 is 2.32 bits per heavy atom. The number of nitrogens with zero attached hydrogens (tertiary/aromatic N) is 5. The lowest BCUT2D eigenvalue weighted by atomic mass is 10.1. The molecule has 0 saturated carbocycles. The maximum Gasteiger partial charge on any atom is 0.268 e. The Hall–Kier alpha value is -4.24. The molecule has 222 valence electrons. The van der Waals surface area contributed by atoms with E-state index in [2.05, 4.69) is 12.1 Å². The van der Waals surface area contributed by atoms with Gasteiger partial charge < -0.3 is 4.90 Å². The van der Waals surface area contributed by atoms with Crippen LogP contribution < -0.4 is 5.56 Å². The number of carbonyl (C=O) groups excluding carboxylic acids is 1. The van der Waals surface area contributed by atoms with Gasteiger partial charge in [-0.2, -0.15) is 5.10 Å². The van der Waals surface area contributed by atoms with Gasteiger partial charge in [0.2, 0.25) is 5.91 Å². The van der Waals surface area contributed by atoms with Crippen LogP contribution in [-0.2, 0) is 24.2 Å². The van der Waals surface area contributed by atoms with E-state index in [1.807, 2.05) is 77.9 Å². The molecule has 10 heteroatoms. The van der Waals surface area contributed by atoms with E-state index >= 15 is 0 Å². The normalized spacial score (nSPS) is 11.3. The summed E-state index contributed by atoms with van der Waals surface area (Å²) in [6.07, 6.45) is 0.804. The van der Waals surface area contributed by atoms with Gasteiger partial charge in [0, 0.05) is 29.9 Å². The van der Waals surface area contributed by atoms with Crippen LogP contribution in [0.4, 0.5) is 0 Å². The summed E-state index contributed by atoms with van der Waals surface area (Å²) in [7, 11) is 0. The zero-order chi connectivity index (χ0) is 30.8. The van der Waals surface area contributed by atoms with Crippen LogP contribution >= 0.6 is 34.5 Å². The Morgan fingerprint density at radius 1 is 0.909 bits per heavy atom. The number of fused-ring (bicyclic) bond motifs is 1. The van der Waals surface area contributed by atoms with Crippen molar-refractivity contribution in [3.63, 3.8) is 0 Å². The maximum atomic E-state index is 14.1. The quantitative estimate of drug-likeness (QED) is 0.165. The Kier molecular flexibility index (Phi) is 8.66. The Bertz CT molecular complexity index is 2020. The van der Waals surface area contributed by atoms with Crippen LogP contribution in [0.5, 0.6) is 0 Å². The van der Waals surface area contributed by atoms with Gasteiger partial charge in [0.25, 0.3) is 5.56 Å². The van der Waals surface area contributed by atoms with Gasteiger partial charge in [0.05, 0.1) is 33.4 Å². The predicted octanol–water partition coefficient (Wildman–Crippen LogP) is 7.35. The van der Waals surface area contributed by atoms with Crippen molar-refractivity contribution in [3.05, 3.63) is 139 Å². The molecular formula is C34H29Cl2N5O2S. The zero-order valence-corrected chi connectivity index (χ0v) is 26.5. The summed E-state index contributed by atoms with van der Waals surface area (Å²) < 4.78 is 3.27. The molecule has 0 saturated heterocycles. The molecule has 0 unspecified atom stereocenters. The van der Waals surface area contributed by atoms with Gasteiger partial charge in [-0.1, -0.05) is 83.9 Å². The molecule has 1 amide bonds. The topological polar surface area (TPSA) is 72.5 Å². The van der Waals surface area contributed by atoms with Crippen molar-refractivity contribution in [1.82, 2.24) is 24.1 Å². The number of halogens is 2. The van der Waals surface area contributed by atoms with Gasteiger partial charge in [0.15, 0.2) is 4.96 Å². The van der Waals surface area contributed by atoms with Gasteiger partial charge >= 0.3 is 0 Å². The summed E-state index contributed by atoms with van der Waals surface area (Å²) in [6.45, 7) is 4.75. The molecule has 0 aliphatic heterocycles. The van der Waals surface area contributed by atoms with Gasteiger partial charge in [0.1, 0.15) is 5.69 Å². The lowest BCUT2D eigenvalue weighted by molar-refractivity contribution is -0.131. The number of amides is 1. The fourth-order valence-electron chi connectivity index (χ4n) is 5.27. The summed E-state index contributed by atoms with van der Waals surface area (Å²) in [5, 5.41) is 7.46. The molecule has 0 atom stereocenters. The van der Waals surface area contributed by atoms with Gasteiger partial charge in [-0.3, -0.25) is 14.0 Å². The molecule has 0 spiro atoms. The van der Waals surface area contributed by atoms with Crippen molar-refractivity contribution in [2.75, 3.05) is 6.54 Å². The van der Waals surface area contributed by atoms with E-state index in [4.69, 9.17) is 33.3 Å². The standard InChI is InChI=1S/C34H29Cl2N5O2S/c1-22-17-30(38-41(22)26-13-14-28(35)29(36)18-26)32-23(2)37-34-40(33(32)43)27(21-44-34)19-31(42)39(20-25-11-7-4-8-12-25)16-15-24-9-5-3-6-10-24/h3-14,17-18,21H,15-16,19-20H2,1-2H3. The van der Waals surface area contributed by atoms with Crippen molar-refractivity contribution >= 4 is 45.4 Å². The highest BCUT2D eigenvalue weighted by Crippen LogP contribution is 2.27. The molecule has 3 aromatic carbocycles. The number of rotatable bonds is 9. The molecule has 0 N–H and O–H groups in total. The first-order valence-electron chi connectivity index (χ1n) is 14.2. The summed E-state index contributed by atoms with van der Waals surface area (Å²) in [4.78, 5) is 35.0. The first kappa shape index (κ1) is 29.8. The Morgan fingerprint density at radius 2 is 1.61 bits per heavy atom. The van der Waals surface area contributed by atoms with Gasteiger partial charge in [-0.25, -0.2) is 9.67 Å². The van der Waals surface area contributed by atoms with E-state index < -0.39 is 0 Å². The van der Waals surface area contributed by atoms with Crippen LogP contribution in [0.2, 0.25) is 10.0 Å². The fourth-order valence-corrected chi connectivity index (χ4v) is 6.49. The molecular weight excluding hydrogens is 613 g/mol. The van der Waals surface area contributed by atoms with E-state index in [0.29, 0.717) is 50.7 Å². The second-order valence-electron chi connectivity index (χ2n) is 10.6. The van der Waals surface area contributed by atoms with Crippen molar-refractivity contribution < 1.29 is 4.79 Å². The van der Waals surface area contributed by atoms with Crippen LogP contribution in [0, 0.1) is 13.8 Å². The first-order chi connectivity index (χ1) is 21.3. The van der Waals surface area contributed by atoms with E-state index in [-0.39, 0.29) is 17.9 Å². The molecule has 6 aromatic rings.